The van der Waals surface area contributed by atoms with Crippen molar-refractivity contribution in [1.29, 1.82) is 0 Å². The smallest absolute Gasteiger partial charge is 0.406 e. The third-order valence-corrected chi connectivity index (χ3v) is 3.92. The highest BCUT2D eigenvalue weighted by Gasteiger charge is 2.31. The molecule has 0 saturated heterocycles. The Hall–Kier alpha value is -2.22. The average molecular weight is 339 g/mol. The van der Waals surface area contributed by atoms with Gasteiger partial charge < -0.3 is 4.74 Å². The van der Waals surface area contributed by atoms with E-state index in [0.717, 1.165) is 16.2 Å². The highest BCUT2D eigenvalue weighted by molar-refractivity contribution is 7.98. The van der Waals surface area contributed by atoms with Crippen molar-refractivity contribution >= 4 is 17.3 Å². The van der Waals surface area contributed by atoms with E-state index in [2.05, 4.69) is 14.7 Å². The van der Waals surface area contributed by atoms with Gasteiger partial charge in [0.05, 0.1) is 17.4 Å². The monoisotopic (exact) mass is 339 g/mol. The van der Waals surface area contributed by atoms with Crippen molar-refractivity contribution < 1.29 is 17.9 Å². The summed E-state index contributed by atoms with van der Waals surface area (Å²) in [5.74, 6) is -0.241. The molecule has 4 nitrogen and oxygen atoms in total. The fraction of sp³-hybridized carbons (Fsp3) is 0.200. The molecule has 3 rings (SSSR count). The number of aromatic nitrogens is 3. The molecule has 0 saturated carbocycles. The number of imidazole rings is 1. The average Bonchev–Trinajstić information content (AvgIpc) is 2.93. The molecule has 0 atom stereocenters. The Labute approximate surface area is 134 Å². The Balaban J connectivity index is 2.05. The van der Waals surface area contributed by atoms with Gasteiger partial charge in [-0.1, -0.05) is 11.8 Å². The lowest BCUT2D eigenvalue weighted by Crippen LogP contribution is -2.17. The number of fused-ring (bicyclic) bond motifs is 1. The lowest BCUT2D eigenvalue weighted by atomic mass is 10.0. The zero-order valence-electron chi connectivity index (χ0n) is 12.3. The van der Waals surface area contributed by atoms with E-state index in [1.165, 1.54) is 23.9 Å². The van der Waals surface area contributed by atoms with Gasteiger partial charge in [-0.2, -0.15) is 0 Å². The van der Waals surface area contributed by atoms with Crippen LogP contribution in [0.1, 0.15) is 5.56 Å². The fourth-order valence-electron chi connectivity index (χ4n) is 2.30. The van der Waals surface area contributed by atoms with Crippen LogP contribution >= 0.6 is 11.8 Å². The van der Waals surface area contributed by atoms with Crippen LogP contribution < -0.4 is 4.74 Å². The van der Waals surface area contributed by atoms with E-state index in [0.29, 0.717) is 11.3 Å². The van der Waals surface area contributed by atoms with Crippen molar-refractivity contribution in [1.82, 2.24) is 14.4 Å². The van der Waals surface area contributed by atoms with E-state index >= 15 is 0 Å². The molecular weight excluding hydrogens is 327 g/mol. The van der Waals surface area contributed by atoms with Gasteiger partial charge in [0, 0.05) is 5.56 Å². The molecule has 3 aromatic rings. The molecule has 0 radical (unpaired) electrons. The summed E-state index contributed by atoms with van der Waals surface area (Å²) in [6.07, 6.45) is 0.583. The summed E-state index contributed by atoms with van der Waals surface area (Å²) in [5, 5.41) is 0.755. The Morgan fingerprint density at radius 2 is 2.00 bits per heavy atom. The van der Waals surface area contributed by atoms with Crippen LogP contribution in [0, 0.1) is 6.92 Å². The Bertz CT molecular complexity index is 861. The topological polar surface area (TPSA) is 39.4 Å². The minimum absolute atomic E-state index is 0.241. The standard InChI is InChI=1S/C15H12F3N3OS/c1-9-5-11(22-15(16,17)18)3-4-12(9)13-6-10-7-19-8-21(10)14(20-13)23-2/h3-8H,1-2H3. The van der Waals surface area contributed by atoms with Crippen molar-refractivity contribution in [2.24, 2.45) is 0 Å². The molecule has 0 spiro atoms. The quantitative estimate of drug-likeness (QED) is 0.526. The summed E-state index contributed by atoms with van der Waals surface area (Å²) in [4.78, 5) is 8.64. The maximum atomic E-state index is 12.3. The second kappa shape index (κ2) is 5.77. The van der Waals surface area contributed by atoms with Crippen molar-refractivity contribution in [3.05, 3.63) is 42.4 Å². The molecule has 0 N–H and O–H groups in total. The van der Waals surface area contributed by atoms with E-state index in [-0.39, 0.29) is 5.75 Å². The lowest BCUT2D eigenvalue weighted by molar-refractivity contribution is -0.274. The van der Waals surface area contributed by atoms with E-state index < -0.39 is 6.36 Å². The Morgan fingerprint density at radius 3 is 2.65 bits per heavy atom. The van der Waals surface area contributed by atoms with Crippen molar-refractivity contribution in [2.45, 2.75) is 18.4 Å². The van der Waals surface area contributed by atoms with Gasteiger partial charge in [0.1, 0.15) is 12.1 Å². The highest BCUT2D eigenvalue weighted by atomic mass is 32.2. The minimum atomic E-state index is -4.70. The van der Waals surface area contributed by atoms with Gasteiger partial charge in [0.2, 0.25) is 0 Å². The molecular formula is C15H12F3N3OS. The van der Waals surface area contributed by atoms with Crippen LogP contribution in [-0.2, 0) is 0 Å². The first-order valence-corrected chi connectivity index (χ1v) is 7.84. The third kappa shape index (κ3) is 3.26. The molecule has 0 aliphatic heterocycles. The molecule has 0 bridgehead atoms. The van der Waals surface area contributed by atoms with E-state index in [1.807, 2.05) is 16.7 Å². The summed E-state index contributed by atoms with van der Waals surface area (Å²) < 4.78 is 42.7. The highest BCUT2D eigenvalue weighted by Crippen LogP contribution is 2.30. The molecule has 0 fully saturated rings. The molecule has 1 aromatic carbocycles. The summed E-state index contributed by atoms with van der Waals surface area (Å²) in [7, 11) is 0. The molecule has 2 heterocycles. The van der Waals surface area contributed by atoms with E-state index in [1.54, 1.807) is 25.5 Å². The van der Waals surface area contributed by atoms with Gasteiger partial charge in [0.15, 0.2) is 5.16 Å². The molecule has 0 aliphatic carbocycles. The van der Waals surface area contributed by atoms with Crippen molar-refractivity contribution in [2.75, 3.05) is 6.26 Å². The summed E-state index contributed by atoms with van der Waals surface area (Å²) in [5.41, 5.74) is 2.95. The van der Waals surface area contributed by atoms with Gasteiger partial charge in [-0.05, 0) is 43.0 Å². The number of ether oxygens (including phenoxy) is 1. The van der Waals surface area contributed by atoms with Crippen molar-refractivity contribution in [3.8, 4) is 17.0 Å². The summed E-state index contributed by atoms with van der Waals surface area (Å²) in [6.45, 7) is 1.72. The predicted molar refractivity (Wildman–Crippen MR) is 81.6 cm³/mol. The van der Waals surface area contributed by atoms with Gasteiger partial charge in [-0.15, -0.1) is 13.2 Å². The number of hydrogen-bond donors (Lipinski definition) is 0. The van der Waals surface area contributed by atoms with Gasteiger partial charge in [-0.25, -0.2) is 9.97 Å². The summed E-state index contributed by atoms with van der Waals surface area (Å²) in [6, 6.07) is 6.07. The van der Waals surface area contributed by atoms with Gasteiger partial charge >= 0.3 is 6.36 Å². The largest absolute Gasteiger partial charge is 0.573 e. The van der Waals surface area contributed by atoms with Crippen LogP contribution in [0.4, 0.5) is 13.2 Å². The number of hydrogen-bond acceptors (Lipinski definition) is 4. The number of nitrogens with zero attached hydrogens (tertiary/aromatic N) is 3. The Kier molecular flexibility index (Phi) is 3.93. The van der Waals surface area contributed by atoms with Crippen LogP contribution in [0.3, 0.4) is 0 Å². The summed E-state index contributed by atoms with van der Waals surface area (Å²) >= 11 is 1.47. The first-order chi connectivity index (χ1) is 10.9. The number of benzene rings is 1. The molecule has 0 amide bonds. The number of rotatable bonds is 3. The lowest BCUT2D eigenvalue weighted by Gasteiger charge is -2.12. The molecule has 0 unspecified atom stereocenters. The van der Waals surface area contributed by atoms with Crippen LogP contribution in [0.5, 0.6) is 5.75 Å². The number of halogens is 3. The Morgan fingerprint density at radius 1 is 1.22 bits per heavy atom. The SMILES string of the molecule is CSc1nc(-c2ccc(OC(F)(F)F)cc2C)cc2cncn12. The van der Waals surface area contributed by atoms with E-state index in [4.69, 9.17) is 0 Å². The zero-order chi connectivity index (χ0) is 16.6. The molecule has 23 heavy (non-hydrogen) atoms. The van der Waals surface area contributed by atoms with Gasteiger partial charge in [0.25, 0.3) is 0 Å². The normalized spacial score (nSPS) is 11.9. The fourth-order valence-corrected chi connectivity index (χ4v) is 2.84. The second-order valence-electron chi connectivity index (χ2n) is 4.84. The molecule has 2 aromatic heterocycles. The first-order valence-electron chi connectivity index (χ1n) is 6.61. The maximum absolute atomic E-state index is 12.3. The minimum Gasteiger partial charge on any atom is -0.406 e. The number of thioether (sulfide) groups is 1. The van der Waals surface area contributed by atoms with E-state index in [9.17, 15) is 13.2 Å². The van der Waals surface area contributed by atoms with Gasteiger partial charge in [-0.3, -0.25) is 4.40 Å². The van der Waals surface area contributed by atoms with Crippen LogP contribution in [0.15, 0.2) is 41.9 Å². The maximum Gasteiger partial charge on any atom is 0.573 e. The second-order valence-corrected chi connectivity index (χ2v) is 5.61. The third-order valence-electron chi connectivity index (χ3n) is 3.26. The zero-order valence-corrected chi connectivity index (χ0v) is 13.1. The predicted octanol–water partition coefficient (Wildman–Crippen LogP) is 4.33. The molecule has 8 heteroatoms. The first kappa shape index (κ1) is 15.7. The number of alkyl halides is 3. The van der Waals surface area contributed by atoms with Crippen LogP contribution in [-0.4, -0.2) is 27.0 Å². The molecule has 120 valence electrons. The van der Waals surface area contributed by atoms with Crippen molar-refractivity contribution in [3.63, 3.8) is 0 Å². The van der Waals surface area contributed by atoms with Crippen LogP contribution in [0.25, 0.3) is 16.8 Å². The number of aryl methyl sites for hydroxylation is 1. The van der Waals surface area contributed by atoms with Crippen LogP contribution in [0.2, 0.25) is 0 Å². The molecule has 0 aliphatic rings.